The highest BCUT2D eigenvalue weighted by molar-refractivity contribution is 5.94. The number of rotatable bonds is 7. The van der Waals surface area contributed by atoms with E-state index in [1.165, 1.54) is 11.1 Å². The Labute approximate surface area is 162 Å². The minimum absolute atomic E-state index is 0.0626. The topological polar surface area (TPSA) is 65.5 Å². The number of amides is 1. The van der Waals surface area contributed by atoms with E-state index in [-0.39, 0.29) is 5.91 Å². The molecule has 27 heavy (non-hydrogen) atoms. The molecular weight excluding hydrogens is 336 g/mol. The molecule has 0 aromatic heterocycles. The van der Waals surface area contributed by atoms with E-state index in [1.54, 1.807) is 14.1 Å². The van der Waals surface area contributed by atoms with E-state index < -0.39 is 0 Å². The Balaban J connectivity index is 1.81. The lowest BCUT2D eigenvalue weighted by molar-refractivity contribution is 0.0963. The minimum Gasteiger partial charge on any atom is -0.356 e. The predicted molar refractivity (Wildman–Crippen MR) is 112 cm³/mol. The summed E-state index contributed by atoms with van der Waals surface area (Å²) >= 11 is 0. The van der Waals surface area contributed by atoms with Gasteiger partial charge in [-0.15, -0.1) is 0 Å². The van der Waals surface area contributed by atoms with Crippen molar-refractivity contribution in [2.45, 2.75) is 26.2 Å². The number of guanidine groups is 1. The van der Waals surface area contributed by atoms with Crippen molar-refractivity contribution in [3.63, 3.8) is 0 Å². The molecule has 0 aliphatic rings. The third-order valence-electron chi connectivity index (χ3n) is 4.53. The van der Waals surface area contributed by atoms with Gasteiger partial charge in [0.15, 0.2) is 5.96 Å². The smallest absolute Gasteiger partial charge is 0.251 e. The van der Waals surface area contributed by atoms with Crippen LogP contribution in [0.1, 0.15) is 39.9 Å². The zero-order valence-electron chi connectivity index (χ0n) is 16.7. The van der Waals surface area contributed by atoms with Gasteiger partial charge in [0.05, 0.1) is 0 Å². The van der Waals surface area contributed by atoms with Gasteiger partial charge in [-0.05, 0) is 42.5 Å². The number of aryl methyl sites for hydroxylation is 1. The van der Waals surface area contributed by atoms with Gasteiger partial charge in [-0.1, -0.05) is 48.9 Å². The van der Waals surface area contributed by atoms with Gasteiger partial charge in [0.25, 0.3) is 5.91 Å². The largest absolute Gasteiger partial charge is 0.356 e. The van der Waals surface area contributed by atoms with E-state index in [0.29, 0.717) is 11.5 Å². The van der Waals surface area contributed by atoms with Crippen molar-refractivity contribution in [2.24, 2.45) is 4.99 Å². The van der Waals surface area contributed by atoms with Crippen molar-refractivity contribution in [1.82, 2.24) is 16.0 Å². The molecule has 1 atom stereocenters. The predicted octanol–water partition coefficient (Wildman–Crippen LogP) is 2.87. The Morgan fingerprint density at radius 3 is 2.59 bits per heavy atom. The number of benzene rings is 2. The van der Waals surface area contributed by atoms with Gasteiger partial charge in [0.2, 0.25) is 0 Å². The fourth-order valence-corrected chi connectivity index (χ4v) is 2.90. The van der Waals surface area contributed by atoms with Crippen LogP contribution in [0.4, 0.5) is 0 Å². The molecule has 1 amide bonds. The molecule has 144 valence electrons. The molecule has 2 aromatic rings. The Morgan fingerprint density at radius 1 is 1.11 bits per heavy atom. The van der Waals surface area contributed by atoms with E-state index in [2.05, 4.69) is 59.1 Å². The molecule has 5 heteroatoms. The number of nitrogens with one attached hydrogen (secondary N) is 3. The molecule has 0 spiro atoms. The van der Waals surface area contributed by atoms with Gasteiger partial charge in [-0.3, -0.25) is 9.79 Å². The average molecular weight is 367 g/mol. The van der Waals surface area contributed by atoms with Gasteiger partial charge in [0.1, 0.15) is 0 Å². The lowest BCUT2D eigenvalue weighted by Gasteiger charge is -2.17. The Hall–Kier alpha value is -2.82. The maximum absolute atomic E-state index is 11.7. The van der Waals surface area contributed by atoms with Crippen molar-refractivity contribution in [3.8, 4) is 0 Å². The number of hydrogen-bond donors (Lipinski definition) is 3. The van der Waals surface area contributed by atoms with E-state index >= 15 is 0 Å². The molecule has 5 nitrogen and oxygen atoms in total. The van der Waals surface area contributed by atoms with Crippen LogP contribution in [-0.2, 0) is 6.42 Å². The monoisotopic (exact) mass is 366 g/mol. The molecule has 0 bridgehead atoms. The number of carbonyl (C=O) groups excluding carboxylic acids is 1. The van der Waals surface area contributed by atoms with Crippen LogP contribution < -0.4 is 16.0 Å². The highest BCUT2D eigenvalue weighted by Crippen LogP contribution is 2.15. The summed E-state index contributed by atoms with van der Waals surface area (Å²) in [6.07, 6.45) is 0.818. The molecule has 0 radical (unpaired) electrons. The lowest BCUT2D eigenvalue weighted by Crippen LogP contribution is -2.39. The molecule has 2 aromatic carbocycles. The third-order valence-corrected chi connectivity index (χ3v) is 4.53. The Morgan fingerprint density at radius 2 is 1.89 bits per heavy atom. The standard InChI is InChI=1S/C22H30N4O/c1-16-7-5-9-19(13-16)17(2)15-26-22(24-4)25-12-11-18-8-6-10-20(14-18)21(27)23-3/h5-10,13-14,17H,11-12,15H2,1-4H3,(H,23,27)(H2,24,25,26). The van der Waals surface area contributed by atoms with E-state index in [0.717, 1.165) is 31.0 Å². The molecule has 0 aliphatic carbocycles. The average Bonchev–Trinajstić information content (AvgIpc) is 2.69. The highest BCUT2D eigenvalue weighted by atomic mass is 16.1. The van der Waals surface area contributed by atoms with Crippen molar-refractivity contribution in [1.29, 1.82) is 0 Å². The summed E-state index contributed by atoms with van der Waals surface area (Å²) in [6.45, 7) is 5.88. The van der Waals surface area contributed by atoms with Crippen LogP contribution in [0.25, 0.3) is 0 Å². The molecule has 2 rings (SSSR count). The van der Waals surface area contributed by atoms with Crippen molar-refractivity contribution in [2.75, 3.05) is 27.2 Å². The lowest BCUT2D eigenvalue weighted by atomic mass is 9.99. The molecule has 0 fully saturated rings. The van der Waals surface area contributed by atoms with Crippen LogP contribution in [0.5, 0.6) is 0 Å². The fourth-order valence-electron chi connectivity index (χ4n) is 2.90. The van der Waals surface area contributed by atoms with Crippen LogP contribution >= 0.6 is 0 Å². The summed E-state index contributed by atoms with van der Waals surface area (Å²) in [5.74, 6) is 1.12. The number of nitrogens with zero attached hydrogens (tertiary/aromatic N) is 1. The SMILES string of the molecule is CN=C(NCCc1cccc(C(=O)NC)c1)NCC(C)c1cccc(C)c1. The third kappa shape index (κ3) is 6.44. The second kappa shape index (κ2) is 10.4. The van der Waals surface area contributed by atoms with Gasteiger partial charge in [0, 0.05) is 32.7 Å². The molecule has 0 heterocycles. The minimum atomic E-state index is -0.0626. The van der Waals surface area contributed by atoms with Crippen LogP contribution in [0.15, 0.2) is 53.5 Å². The first-order valence-corrected chi connectivity index (χ1v) is 9.35. The second-order valence-corrected chi connectivity index (χ2v) is 6.72. The highest BCUT2D eigenvalue weighted by Gasteiger charge is 2.07. The molecule has 1 unspecified atom stereocenters. The molecular formula is C22H30N4O. The first-order valence-electron chi connectivity index (χ1n) is 9.35. The van der Waals surface area contributed by atoms with Gasteiger partial charge >= 0.3 is 0 Å². The number of aliphatic imine (C=N–C) groups is 1. The molecule has 0 saturated carbocycles. The van der Waals surface area contributed by atoms with Crippen LogP contribution in [0.3, 0.4) is 0 Å². The van der Waals surface area contributed by atoms with Gasteiger partial charge in [-0.2, -0.15) is 0 Å². The maximum Gasteiger partial charge on any atom is 0.251 e. The first-order chi connectivity index (χ1) is 13.0. The fraction of sp³-hybridized carbons (Fsp3) is 0.364. The van der Waals surface area contributed by atoms with E-state index in [9.17, 15) is 4.79 Å². The summed E-state index contributed by atoms with van der Waals surface area (Å²) < 4.78 is 0. The molecule has 3 N–H and O–H groups in total. The van der Waals surface area contributed by atoms with E-state index in [1.807, 2.05) is 24.3 Å². The van der Waals surface area contributed by atoms with Gasteiger partial charge in [-0.25, -0.2) is 0 Å². The summed E-state index contributed by atoms with van der Waals surface area (Å²) in [4.78, 5) is 16.0. The Bertz CT molecular complexity index is 785. The van der Waals surface area contributed by atoms with Crippen LogP contribution in [0, 0.1) is 6.92 Å². The van der Waals surface area contributed by atoms with Crippen molar-refractivity contribution < 1.29 is 4.79 Å². The van der Waals surface area contributed by atoms with Crippen molar-refractivity contribution in [3.05, 3.63) is 70.8 Å². The number of hydrogen-bond acceptors (Lipinski definition) is 2. The van der Waals surface area contributed by atoms with Crippen LogP contribution in [-0.4, -0.2) is 39.1 Å². The Kier molecular flexibility index (Phi) is 7.86. The van der Waals surface area contributed by atoms with Crippen molar-refractivity contribution >= 4 is 11.9 Å². The van der Waals surface area contributed by atoms with Crippen LogP contribution in [0.2, 0.25) is 0 Å². The zero-order chi connectivity index (χ0) is 19.6. The quantitative estimate of drug-likeness (QED) is 0.521. The zero-order valence-corrected chi connectivity index (χ0v) is 16.7. The molecule has 0 saturated heterocycles. The number of carbonyl (C=O) groups is 1. The summed E-state index contributed by atoms with van der Waals surface area (Å²) in [7, 11) is 3.42. The second-order valence-electron chi connectivity index (χ2n) is 6.72. The van der Waals surface area contributed by atoms with E-state index in [4.69, 9.17) is 0 Å². The summed E-state index contributed by atoms with van der Waals surface area (Å²) in [6, 6.07) is 16.3. The molecule has 0 aliphatic heterocycles. The maximum atomic E-state index is 11.7. The first kappa shape index (κ1) is 20.5. The van der Waals surface area contributed by atoms with Gasteiger partial charge < -0.3 is 16.0 Å². The normalized spacial score (nSPS) is 12.4. The summed E-state index contributed by atoms with van der Waals surface area (Å²) in [5, 5.41) is 9.38. The summed E-state index contributed by atoms with van der Waals surface area (Å²) in [5.41, 5.74) is 4.40.